The Morgan fingerprint density at radius 1 is 1.50 bits per heavy atom. The van der Waals surface area contributed by atoms with Crippen LogP contribution in [0.3, 0.4) is 0 Å². The molecule has 0 amide bonds. The van der Waals surface area contributed by atoms with Crippen molar-refractivity contribution in [3.05, 3.63) is 23.7 Å². The van der Waals surface area contributed by atoms with Crippen LogP contribution in [0, 0.1) is 0 Å². The van der Waals surface area contributed by atoms with Gasteiger partial charge in [-0.25, -0.2) is 0 Å². The Labute approximate surface area is 95.6 Å². The van der Waals surface area contributed by atoms with Crippen LogP contribution >= 0.6 is 0 Å². The van der Waals surface area contributed by atoms with E-state index >= 15 is 0 Å². The molecule has 0 aromatic carbocycles. The van der Waals surface area contributed by atoms with Crippen LogP contribution in [-0.4, -0.2) is 37.4 Å². The first-order chi connectivity index (χ1) is 7.79. The van der Waals surface area contributed by atoms with Crippen molar-refractivity contribution in [3.63, 3.8) is 0 Å². The van der Waals surface area contributed by atoms with Gasteiger partial charge in [0.25, 0.3) is 0 Å². The minimum absolute atomic E-state index is 0.411. The van der Waals surface area contributed by atoms with Crippen LogP contribution in [0.1, 0.15) is 29.2 Å². The van der Waals surface area contributed by atoms with Crippen LogP contribution < -0.4 is 5.32 Å². The monoisotopic (exact) mass is 222 g/mol. The fourth-order valence-electron chi connectivity index (χ4n) is 2.17. The van der Waals surface area contributed by atoms with Crippen molar-refractivity contribution in [2.75, 3.05) is 20.1 Å². The van der Waals surface area contributed by atoms with E-state index in [1.165, 1.54) is 12.8 Å². The number of furan rings is 1. The molecule has 88 valence electrons. The summed E-state index contributed by atoms with van der Waals surface area (Å²) in [6, 6.07) is 4.21. The van der Waals surface area contributed by atoms with Gasteiger partial charge in [-0.3, -0.25) is 9.69 Å². The maximum absolute atomic E-state index is 10.5. The molecule has 1 aliphatic rings. The number of carbonyl (C=O) groups is 1. The van der Waals surface area contributed by atoms with E-state index in [4.69, 9.17) is 4.42 Å². The van der Waals surface area contributed by atoms with Gasteiger partial charge in [-0.15, -0.1) is 0 Å². The molecule has 2 rings (SSSR count). The van der Waals surface area contributed by atoms with Crippen molar-refractivity contribution in [3.8, 4) is 0 Å². The number of carbonyl (C=O) groups excluding carboxylic acids is 1. The van der Waals surface area contributed by atoms with Crippen molar-refractivity contribution in [1.82, 2.24) is 10.2 Å². The highest BCUT2D eigenvalue weighted by molar-refractivity contribution is 5.70. The van der Waals surface area contributed by atoms with Crippen molar-refractivity contribution in [2.45, 2.75) is 25.4 Å². The highest BCUT2D eigenvalue weighted by Gasteiger charge is 2.18. The summed E-state index contributed by atoms with van der Waals surface area (Å²) < 4.78 is 5.37. The van der Waals surface area contributed by atoms with E-state index in [9.17, 15) is 4.79 Å². The van der Waals surface area contributed by atoms with Crippen LogP contribution in [0.2, 0.25) is 0 Å². The van der Waals surface area contributed by atoms with Crippen molar-refractivity contribution in [1.29, 1.82) is 0 Å². The zero-order chi connectivity index (χ0) is 11.4. The second kappa shape index (κ2) is 5.27. The van der Waals surface area contributed by atoms with E-state index < -0.39 is 0 Å². The number of hydrogen-bond donors (Lipinski definition) is 1. The van der Waals surface area contributed by atoms with Crippen LogP contribution in [0.15, 0.2) is 16.5 Å². The molecule has 0 spiro atoms. The minimum Gasteiger partial charge on any atom is -0.457 e. The predicted molar refractivity (Wildman–Crippen MR) is 61.5 cm³/mol. The van der Waals surface area contributed by atoms with E-state index in [1.54, 1.807) is 6.07 Å². The molecule has 0 bridgehead atoms. The zero-order valence-electron chi connectivity index (χ0n) is 9.61. The molecule has 0 aliphatic carbocycles. The molecule has 1 aliphatic heterocycles. The summed E-state index contributed by atoms with van der Waals surface area (Å²) >= 11 is 0. The number of hydrogen-bond acceptors (Lipinski definition) is 4. The molecule has 16 heavy (non-hydrogen) atoms. The molecule has 1 aromatic heterocycles. The third-order valence-corrected chi connectivity index (χ3v) is 3.14. The van der Waals surface area contributed by atoms with Gasteiger partial charge in [0.2, 0.25) is 0 Å². The summed E-state index contributed by atoms with van der Waals surface area (Å²) in [5.74, 6) is 1.27. The van der Waals surface area contributed by atoms with Gasteiger partial charge < -0.3 is 9.73 Å². The fourth-order valence-corrected chi connectivity index (χ4v) is 2.17. The first-order valence-electron chi connectivity index (χ1n) is 5.74. The molecular weight excluding hydrogens is 204 g/mol. The fraction of sp³-hybridized carbons (Fsp3) is 0.583. The number of nitrogens with one attached hydrogen (secondary N) is 1. The lowest BCUT2D eigenvalue weighted by Crippen LogP contribution is -2.40. The normalized spacial score (nSPS) is 17.9. The Morgan fingerprint density at radius 3 is 2.88 bits per heavy atom. The standard InChI is InChI=1S/C12H18N2O2/c1-14(10-4-6-13-7-5-10)8-11-2-3-12(9-15)16-11/h2-3,9-10,13H,4-8H2,1H3. The van der Waals surface area contributed by atoms with E-state index in [2.05, 4.69) is 17.3 Å². The first kappa shape index (κ1) is 11.4. The highest BCUT2D eigenvalue weighted by Crippen LogP contribution is 2.14. The lowest BCUT2D eigenvalue weighted by atomic mass is 10.1. The molecule has 1 N–H and O–H groups in total. The van der Waals surface area contributed by atoms with E-state index in [0.29, 0.717) is 11.8 Å². The molecule has 0 saturated carbocycles. The zero-order valence-corrected chi connectivity index (χ0v) is 9.61. The molecule has 1 fully saturated rings. The molecule has 4 nitrogen and oxygen atoms in total. The lowest BCUT2D eigenvalue weighted by Gasteiger charge is -2.30. The Bertz CT molecular complexity index is 343. The van der Waals surface area contributed by atoms with E-state index in [1.807, 2.05) is 6.07 Å². The SMILES string of the molecule is CN(Cc1ccc(C=O)o1)C1CCNCC1. The van der Waals surface area contributed by atoms with Gasteiger partial charge in [-0.05, 0) is 45.1 Å². The summed E-state index contributed by atoms with van der Waals surface area (Å²) in [6.07, 6.45) is 3.10. The minimum atomic E-state index is 0.411. The maximum atomic E-state index is 10.5. The van der Waals surface area contributed by atoms with Gasteiger partial charge in [0, 0.05) is 6.04 Å². The molecule has 2 heterocycles. The Kier molecular flexibility index (Phi) is 3.74. The molecule has 0 radical (unpaired) electrons. The van der Waals surface area contributed by atoms with Gasteiger partial charge in [-0.1, -0.05) is 0 Å². The van der Waals surface area contributed by atoms with Gasteiger partial charge in [0.1, 0.15) is 5.76 Å². The van der Waals surface area contributed by atoms with Crippen LogP contribution in [0.5, 0.6) is 0 Å². The number of rotatable bonds is 4. The smallest absolute Gasteiger partial charge is 0.185 e. The van der Waals surface area contributed by atoms with Gasteiger partial charge in [0.15, 0.2) is 12.0 Å². The summed E-state index contributed by atoms with van der Waals surface area (Å²) in [5.41, 5.74) is 0. The average Bonchev–Trinajstić information content (AvgIpc) is 2.78. The number of aldehydes is 1. The molecule has 0 unspecified atom stereocenters. The third kappa shape index (κ3) is 2.71. The molecule has 4 heteroatoms. The van der Waals surface area contributed by atoms with Crippen LogP contribution in [0.4, 0.5) is 0 Å². The maximum Gasteiger partial charge on any atom is 0.185 e. The largest absolute Gasteiger partial charge is 0.457 e. The summed E-state index contributed by atoms with van der Waals surface area (Å²) in [4.78, 5) is 12.8. The van der Waals surface area contributed by atoms with Crippen molar-refractivity contribution >= 4 is 6.29 Å². The van der Waals surface area contributed by atoms with Crippen molar-refractivity contribution in [2.24, 2.45) is 0 Å². The molecule has 0 atom stereocenters. The second-order valence-electron chi connectivity index (χ2n) is 4.32. The van der Waals surface area contributed by atoms with Crippen LogP contribution in [-0.2, 0) is 6.54 Å². The van der Waals surface area contributed by atoms with Gasteiger partial charge in [-0.2, -0.15) is 0 Å². The predicted octanol–water partition coefficient (Wildman–Crippen LogP) is 1.28. The van der Waals surface area contributed by atoms with Crippen molar-refractivity contribution < 1.29 is 9.21 Å². The number of nitrogens with zero attached hydrogens (tertiary/aromatic N) is 1. The van der Waals surface area contributed by atoms with Gasteiger partial charge >= 0.3 is 0 Å². The van der Waals surface area contributed by atoms with Crippen LogP contribution in [0.25, 0.3) is 0 Å². The average molecular weight is 222 g/mol. The topological polar surface area (TPSA) is 45.5 Å². The summed E-state index contributed by atoms with van der Waals surface area (Å²) in [6.45, 7) is 2.96. The third-order valence-electron chi connectivity index (χ3n) is 3.14. The quantitative estimate of drug-likeness (QED) is 0.779. The Hall–Kier alpha value is -1.13. The molecule has 1 saturated heterocycles. The summed E-state index contributed by atoms with van der Waals surface area (Å²) in [7, 11) is 2.11. The Morgan fingerprint density at radius 2 is 2.25 bits per heavy atom. The Balaban J connectivity index is 1.90. The lowest BCUT2D eigenvalue weighted by molar-refractivity contribution is 0.109. The first-order valence-corrected chi connectivity index (χ1v) is 5.74. The van der Waals surface area contributed by atoms with E-state index in [-0.39, 0.29) is 0 Å². The molecular formula is C12H18N2O2. The second-order valence-corrected chi connectivity index (χ2v) is 4.32. The highest BCUT2D eigenvalue weighted by atomic mass is 16.3. The van der Waals surface area contributed by atoms with Gasteiger partial charge in [0.05, 0.1) is 6.54 Å². The molecule has 1 aromatic rings. The van der Waals surface area contributed by atoms with E-state index in [0.717, 1.165) is 31.7 Å². The summed E-state index contributed by atoms with van der Waals surface area (Å²) in [5, 5.41) is 3.35. The number of piperidine rings is 1.